The summed E-state index contributed by atoms with van der Waals surface area (Å²) in [5.41, 5.74) is 6.52. The molecule has 0 saturated heterocycles. The molecule has 1 saturated carbocycles. The van der Waals surface area contributed by atoms with Crippen LogP contribution in [0.5, 0.6) is 0 Å². The zero-order valence-electron chi connectivity index (χ0n) is 11.6. The highest BCUT2D eigenvalue weighted by Gasteiger charge is 2.24. The first kappa shape index (κ1) is 14.1. The van der Waals surface area contributed by atoms with Gasteiger partial charge in [0, 0.05) is 37.8 Å². The van der Waals surface area contributed by atoms with Gasteiger partial charge in [0.1, 0.15) is 0 Å². The van der Waals surface area contributed by atoms with Crippen molar-refractivity contribution in [3.8, 4) is 0 Å². The fraction of sp³-hybridized carbons (Fsp3) is 0.714. The van der Waals surface area contributed by atoms with E-state index in [1.807, 2.05) is 19.4 Å². The minimum atomic E-state index is -0.214. The number of amides is 1. The molecule has 1 aliphatic rings. The summed E-state index contributed by atoms with van der Waals surface area (Å²) < 4.78 is 1.79. The van der Waals surface area contributed by atoms with Crippen LogP contribution < -0.4 is 11.1 Å². The predicted molar refractivity (Wildman–Crippen MR) is 74.2 cm³/mol. The van der Waals surface area contributed by atoms with E-state index in [1.165, 1.54) is 32.1 Å². The van der Waals surface area contributed by atoms with Crippen molar-refractivity contribution in [1.29, 1.82) is 0 Å². The smallest absolute Gasteiger partial charge is 0.218 e. The molecule has 2 rings (SSSR count). The Morgan fingerprint density at radius 3 is 2.84 bits per heavy atom. The van der Waals surface area contributed by atoms with Gasteiger partial charge in [-0.3, -0.25) is 9.48 Å². The summed E-state index contributed by atoms with van der Waals surface area (Å²) in [6.07, 6.45) is 10.6. The van der Waals surface area contributed by atoms with E-state index in [-0.39, 0.29) is 11.9 Å². The molecule has 5 heteroatoms. The Hall–Kier alpha value is -1.36. The molecule has 0 spiro atoms. The average Bonchev–Trinajstić information content (AvgIpc) is 2.81. The molecule has 1 fully saturated rings. The van der Waals surface area contributed by atoms with Gasteiger partial charge in [0.05, 0.1) is 6.20 Å². The van der Waals surface area contributed by atoms with Crippen molar-refractivity contribution < 1.29 is 4.79 Å². The lowest BCUT2D eigenvalue weighted by Crippen LogP contribution is -2.40. The van der Waals surface area contributed by atoms with Gasteiger partial charge in [-0.1, -0.05) is 19.3 Å². The van der Waals surface area contributed by atoms with E-state index in [0.29, 0.717) is 12.3 Å². The van der Waals surface area contributed by atoms with Crippen molar-refractivity contribution in [2.24, 2.45) is 18.7 Å². The number of nitrogens with one attached hydrogen (secondary N) is 1. The number of hydrogen-bond donors (Lipinski definition) is 2. The van der Waals surface area contributed by atoms with Gasteiger partial charge in [-0.2, -0.15) is 5.10 Å². The van der Waals surface area contributed by atoms with Crippen LogP contribution >= 0.6 is 0 Å². The first-order valence-electron chi connectivity index (χ1n) is 7.14. The van der Waals surface area contributed by atoms with Crippen LogP contribution in [0, 0.1) is 5.92 Å². The lowest BCUT2D eigenvalue weighted by Gasteiger charge is -2.30. The quantitative estimate of drug-likeness (QED) is 0.814. The fourth-order valence-corrected chi connectivity index (χ4v) is 2.97. The highest BCUT2D eigenvalue weighted by Crippen LogP contribution is 2.27. The zero-order chi connectivity index (χ0) is 13.7. The number of nitrogens with zero attached hydrogens (tertiary/aromatic N) is 2. The average molecular weight is 264 g/mol. The molecule has 1 aromatic rings. The number of aryl methyl sites for hydroxylation is 1. The summed E-state index contributed by atoms with van der Waals surface area (Å²) in [4.78, 5) is 11.2. The minimum absolute atomic E-state index is 0.206. The zero-order valence-corrected chi connectivity index (χ0v) is 11.6. The van der Waals surface area contributed by atoms with Gasteiger partial charge in [-0.25, -0.2) is 0 Å². The lowest BCUT2D eigenvalue weighted by molar-refractivity contribution is -0.118. The van der Waals surface area contributed by atoms with Crippen molar-refractivity contribution >= 4 is 5.91 Å². The molecule has 0 aliphatic heterocycles. The molecule has 0 aromatic carbocycles. The number of hydrogen-bond acceptors (Lipinski definition) is 3. The van der Waals surface area contributed by atoms with Crippen LogP contribution in [0.3, 0.4) is 0 Å². The molecule has 0 bridgehead atoms. The molecule has 1 aliphatic carbocycles. The maximum absolute atomic E-state index is 11.2. The van der Waals surface area contributed by atoms with Gasteiger partial charge in [0.25, 0.3) is 0 Å². The standard InChI is InChI=1S/C14H24N4O/c1-18-10-11(9-17-18)8-16-13(7-14(15)19)12-5-3-2-4-6-12/h9-10,12-13,16H,2-8H2,1H3,(H2,15,19)/t13-/m1/s1. The van der Waals surface area contributed by atoms with E-state index in [2.05, 4.69) is 10.4 Å². The van der Waals surface area contributed by atoms with E-state index >= 15 is 0 Å². The van der Waals surface area contributed by atoms with E-state index in [1.54, 1.807) is 4.68 Å². The van der Waals surface area contributed by atoms with Crippen LogP contribution in [-0.2, 0) is 18.4 Å². The maximum Gasteiger partial charge on any atom is 0.218 e. The van der Waals surface area contributed by atoms with Gasteiger partial charge in [-0.05, 0) is 18.8 Å². The van der Waals surface area contributed by atoms with Gasteiger partial charge in [-0.15, -0.1) is 0 Å². The summed E-state index contributed by atoms with van der Waals surface area (Å²) in [7, 11) is 1.91. The van der Waals surface area contributed by atoms with Crippen LogP contribution in [0.15, 0.2) is 12.4 Å². The molecule has 1 heterocycles. The molecule has 1 aromatic heterocycles. The summed E-state index contributed by atoms with van der Waals surface area (Å²) in [6, 6.07) is 0.206. The van der Waals surface area contributed by atoms with Gasteiger partial charge >= 0.3 is 0 Å². The van der Waals surface area contributed by atoms with Crippen molar-refractivity contribution in [3.05, 3.63) is 18.0 Å². The molecular formula is C14H24N4O. The van der Waals surface area contributed by atoms with E-state index in [9.17, 15) is 4.79 Å². The Labute approximate surface area is 114 Å². The number of carbonyl (C=O) groups is 1. The number of primary amides is 1. The third-order valence-corrected chi connectivity index (χ3v) is 3.97. The molecular weight excluding hydrogens is 240 g/mol. The summed E-state index contributed by atoms with van der Waals surface area (Å²) in [5.74, 6) is 0.368. The SMILES string of the molecule is Cn1cc(CN[C@H](CC(N)=O)C2CCCCC2)cn1. The van der Waals surface area contributed by atoms with E-state index in [0.717, 1.165) is 12.1 Å². The van der Waals surface area contributed by atoms with Crippen molar-refractivity contribution in [3.63, 3.8) is 0 Å². The second-order valence-corrected chi connectivity index (χ2v) is 5.58. The highest BCUT2D eigenvalue weighted by molar-refractivity contribution is 5.74. The lowest BCUT2D eigenvalue weighted by atomic mass is 9.82. The van der Waals surface area contributed by atoms with Crippen LogP contribution in [-0.4, -0.2) is 21.7 Å². The second-order valence-electron chi connectivity index (χ2n) is 5.58. The van der Waals surface area contributed by atoms with Gasteiger partial charge < -0.3 is 11.1 Å². The highest BCUT2D eigenvalue weighted by atomic mass is 16.1. The summed E-state index contributed by atoms with van der Waals surface area (Å²) >= 11 is 0. The monoisotopic (exact) mass is 264 g/mol. The van der Waals surface area contributed by atoms with Crippen LogP contribution in [0.1, 0.15) is 44.1 Å². The normalized spacial score (nSPS) is 18.4. The molecule has 0 radical (unpaired) electrons. The van der Waals surface area contributed by atoms with Crippen LogP contribution in [0.25, 0.3) is 0 Å². The van der Waals surface area contributed by atoms with Crippen LogP contribution in [0.2, 0.25) is 0 Å². The molecule has 1 amide bonds. The van der Waals surface area contributed by atoms with Gasteiger partial charge in [0.2, 0.25) is 5.91 Å². The number of nitrogens with two attached hydrogens (primary N) is 1. The number of aromatic nitrogens is 2. The Kier molecular flexibility index (Phi) is 4.96. The molecule has 1 atom stereocenters. The fourth-order valence-electron chi connectivity index (χ4n) is 2.97. The van der Waals surface area contributed by atoms with Gasteiger partial charge in [0.15, 0.2) is 0 Å². The second kappa shape index (κ2) is 6.70. The Bertz CT molecular complexity index is 409. The third kappa shape index (κ3) is 4.35. The topological polar surface area (TPSA) is 72.9 Å². The predicted octanol–water partition coefficient (Wildman–Crippen LogP) is 1.33. The van der Waals surface area contributed by atoms with Crippen LogP contribution in [0.4, 0.5) is 0 Å². The number of rotatable bonds is 6. The van der Waals surface area contributed by atoms with E-state index < -0.39 is 0 Å². The molecule has 106 valence electrons. The Morgan fingerprint density at radius 1 is 1.53 bits per heavy atom. The first-order chi connectivity index (χ1) is 9.15. The first-order valence-corrected chi connectivity index (χ1v) is 7.14. The number of carbonyl (C=O) groups excluding carboxylic acids is 1. The molecule has 3 N–H and O–H groups in total. The van der Waals surface area contributed by atoms with Crippen molar-refractivity contribution in [2.45, 2.75) is 51.1 Å². The maximum atomic E-state index is 11.2. The Balaban J connectivity index is 1.90. The van der Waals surface area contributed by atoms with Crippen molar-refractivity contribution in [1.82, 2.24) is 15.1 Å². The minimum Gasteiger partial charge on any atom is -0.370 e. The summed E-state index contributed by atoms with van der Waals surface area (Å²) in [5, 5.41) is 7.65. The molecule has 0 unspecified atom stereocenters. The van der Waals surface area contributed by atoms with E-state index in [4.69, 9.17) is 5.73 Å². The molecule has 19 heavy (non-hydrogen) atoms. The van der Waals surface area contributed by atoms with Crippen molar-refractivity contribution in [2.75, 3.05) is 0 Å². The Morgan fingerprint density at radius 2 is 2.26 bits per heavy atom. The third-order valence-electron chi connectivity index (χ3n) is 3.97. The largest absolute Gasteiger partial charge is 0.370 e. The molecule has 5 nitrogen and oxygen atoms in total. The summed E-state index contributed by atoms with van der Waals surface area (Å²) in [6.45, 7) is 0.752.